The molecule has 108 valence electrons. The van der Waals surface area contributed by atoms with Crippen molar-refractivity contribution in [2.75, 3.05) is 0 Å². The van der Waals surface area contributed by atoms with E-state index in [1.807, 2.05) is 4.68 Å². The number of carboxylic acids is 1. The van der Waals surface area contributed by atoms with Crippen LogP contribution in [0.3, 0.4) is 0 Å². The fourth-order valence-corrected chi connectivity index (χ4v) is 5.39. The quantitative estimate of drug-likeness (QED) is 0.918. The summed E-state index contributed by atoms with van der Waals surface area (Å²) in [5.41, 5.74) is 0.301. The van der Waals surface area contributed by atoms with E-state index in [1.54, 1.807) is 6.20 Å². The van der Waals surface area contributed by atoms with Crippen molar-refractivity contribution in [1.82, 2.24) is 9.78 Å². The number of hydrogen-bond donors (Lipinski definition) is 1. The molecular formula is C16H22N2O2. The molecule has 0 unspecified atom stereocenters. The van der Waals surface area contributed by atoms with Gasteiger partial charge in [-0.1, -0.05) is 0 Å². The molecule has 4 nitrogen and oxygen atoms in total. The standard InChI is InChI=1S/C16H22N2O2/c19-16(20)14-8-17-18(9-14)2-1-15-12-4-10-3-11(6-12)7-13(15)5-10/h8-13,15H,1-7H2,(H,19,20). The van der Waals surface area contributed by atoms with E-state index >= 15 is 0 Å². The van der Waals surface area contributed by atoms with E-state index in [0.29, 0.717) is 5.56 Å². The summed E-state index contributed by atoms with van der Waals surface area (Å²) >= 11 is 0. The molecule has 4 aliphatic rings. The Morgan fingerprint density at radius 2 is 1.85 bits per heavy atom. The summed E-state index contributed by atoms with van der Waals surface area (Å²) in [4.78, 5) is 10.9. The molecule has 5 rings (SSSR count). The van der Waals surface area contributed by atoms with Crippen LogP contribution < -0.4 is 0 Å². The molecule has 0 saturated heterocycles. The van der Waals surface area contributed by atoms with Crippen LogP contribution in [-0.2, 0) is 6.54 Å². The summed E-state index contributed by atoms with van der Waals surface area (Å²) in [5, 5.41) is 13.1. The molecule has 0 aromatic carbocycles. The van der Waals surface area contributed by atoms with Gasteiger partial charge in [-0.05, 0) is 68.1 Å². The summed E-state index contributed by atoms with van der Waals surface area (Å²) in [5.74, 6) is 3.92. The highest BCUT2D eigenvalue weighted by molar-refractivity contribution is 5.86. The van der Waals surface area contributed by atoms with E-state index in [0.717, 1.165) is 36.1 Å². The fraction of sp³-hybridized carbons (Fsp3) is 0.750. The van der Waals surface area contributed by atoms with E-state index in [4.69, 9.17) is 5.11 Å². The summed E-state index contributed by atoms with van der Waals surface area (Å²) in [7, 11) is 0. The zero-order valence-electron chi connectivity index (χ0n) is 11.7. The Balaban J connectivity index is 1.40. The first-order valence-corrected chi connectivity index (χ1v) is 7.95. The molecule has 0 radical (unpaired) electrons. The number of carbonyl (C=O) groups is 1. The molecule has 0 atom stereocenters. The van der Waals surface area contributed by atoms with E-state index in [-0.39, 0.29) is 0 Å². The molecule has 1 aromatic rings. The van der Waals surface area contributed by atoms with Crippen molar-refractivity contribution in [3.63, 3.8) is 0 Å². The molecule has 1 N–H and O–H groups in total. The summed E-state index contributed by atoms with van der Waals surface area (Å²) < 4.78 is 1.81. The van der Waals surface area contributed by atoms with Gasteiger partial charge in [-0.15, -0.1) is 0 Å². The van der Waals surface area contributed by atoms with Crippen LogP contribution in [0.5, 0.6) is 0 Å². The Kier molecular flexibility index (Phi) is 2.86. The first kappa shape index (κ1) is 12.4. The van der Waals surface area contributed by atoms with Gasteiger partial charge in [-0.25, -0.2) is 4.79 Å². The normalized spacial score (nSPS) is 38.3. The molecule has 0 aliphatic heterocycles. The van der Waals surface area contributed by atoms with Gasteiger partial charge >= 0.3 is 5.97 Å². The van der Waals surface area contributed by atoms with Gasteiger partial charge in [0.05, 0.1) is 11.8 Å². The third-order valence-corrected chi connectivity index (χ3v) is 5.99. The predicted octanol–water partition coefficient (Wildman–Crippen LogP) is 3.04. The van der Waals surface area contributed by atoms with E-state index < -0.39 is 5.97 Å². The Hall–Kier alpha value is -1.32. The lowest BCUT2D eigenvalue weighted by Crippen LogP contribution is -2.45. The molecule has 4 bridgehead atoms. The van der Waals surface area contributed by atoms with Crippen LogP contribution in [0.25, 0.3) is 0 Å². The predicted molar refractivity (Wildman–Crippen MR) is 74.3 cm³/mol. The molecule has 1 heterocycles. The van der Waals surface area contributed by atoms with Crippen molar-refractivity contribution >= 4 is 5.97 Å². The lowest BCUT2D eigenvalue weighted by atomic mass is 9.51. The van der Waals surface area contributed by atoms with E-state index in [1.165, 1.54) is 44.7 Å². The van der Waals surface area contributed by atoms with Crippen LogP contribution in [0, 0.1) is 29.6 Å². The van der Waals surface area contributed by atoms with Crippen LogP contribution in [0.4, 0.5) is 0 Å². The van der Waals surface area contributed by atoms with Gasteiger partial charge in [0.2, 0.25) is 0 Å². The summed E-state index contributed by atoms with van der Waals surface area (Å²) in [6.45, 7) is 0.875. The van der Waals surface area contributed by atoms with Crippen molar-refractivity contribution in [1.29, 1.82) is 0 Å². The lowest BCUT2D eigenvalue weighted by Gasteiger charge is -2.54. The SMILES string of the molecule is O=C(O)c1cnn(CCC2C3CC4CC(C3)CC2C4)c1. The molecule has 20 heavy (non-hydrogen) atoms. The van der Waals surface area contributed by atoms with Gasteiger partial charge in [-0.3, -0.25) is 4.68 Å². The highest BCUT2D eigenvalue weighted by Crippen LogP contribution is 2.57. The van der Waals surface area contributed by atoms with E-state index in [9.17, 15) is 4.79 Å². The van der Waals surface area contributed by atoms with Crippen LogP contribution in [-0.4, -0.2) is 20.9 Å². The van der Waals surface area contributed by atoms with Gasteiger partial charge in [0.1, 0.15) is 0 Å². The van der Waals surface area contributed by atoms with Crippen molar-refractivity contribution in [3.05, 3.63) is 18.0 Å². The minimum absolute atomic E-state index is 0.301. The smallest absolute Gasteiger partial charge is 0.338 e. The Labute approximate surface area is 119 Å². The Bertz CT molecular complexity index is 494. The van der Waals surface area contributed by atoms with Crippen molar-refractivity contribution in [2.45, 2.75) is 45.1 Å². The topological polar surface area (TPSA) is 55.1 Å². The average Bonchev–Trinajstić information content (AvgIpc) is 2.86. The zero-order valence-corrected chi connectivity index (χ0v) is 11.7. The van der Waals surface area contributed by atoms with Crippen LogP contribution in [0.2, 0.25) is 0 Å². The maximum Gasteiger partial charge on any atom is 0.338 e. The van der Waals surface area contributed by atoms with Crippen LogP contribution in [0.1, 0.15) is 48.9 Å². The highest BCUT2D eigenvalue weighted by atomic mass is 16.4. The first-order valence-electron chi connectivity index (χ1n) is 7.95. The monoisotopic (exact) mass is 274 g/mol. The summed E-state index contributed by atoms with van der Waals surface area (Å²) in [6.07, 6.45) is 11.6. The minimum atomic E-state index is -0.883. The maximum absolute atomic E-state index is 10.9. The lowest BCUT2D eigenvalue weighted by molar-refractivity contribution is -0.0413. The van der Waals surface area contributed by atoms with Crippen LogP contribution in [0.15, 0.2) is 12.4 Å². The van der Waals surface area contributed by atoms with Crippen molar-refractivity contribution in [2.24, 2.45) is 29.6 Å². The van der Waals surface area contributed by atoms with Gasteiger partial charge < -0.3 is 5.11 Å². The fourth-order valence-electron chi connectivity index (χ4n) is 5.39. The van der Waals surface area contributed by atoms with Crippen molar-refractivity contribution in [3.8, 4) is 0 Å². The second-order valence-electron chi connectivity index (χ2n) is 7.18. The third-order valence-electron chi connectivity index (χ3n) is 5.99. The van der Waals surface area contributed by atoms with E-state index in [2.05, 4.69) is 5.10 Å². The molecule has 4 saturated carbocycles. The largest absolute Gasteiger partial charge is 0.478 e. The molecule has 1 aromatic heterocycles. The number of rotatable bonds is 4. The molecular weight excluding hydrogens is 252 g/mol. The number of hydrogen-bond acceptors (Lipinski definition) is 2. The highest BCUT2D eigenvalue weighted by Gasteiger charge is 2.47. The minimum Gasteiger partial charge on any atom is -0.478 e. The van der Waals surface area contributed by atoms with Gasteiger partial charge in [0.25, 0.3) is 0 Å². The number of nitrogens with zero attached hydrogens (tertiary/aromatic N) is 2. The van der Waals surface area contributed by atoms with Crippen molar-refractivity contribution < 1.29 is 9.90 Å². The molecule has 4 fully saturated rings. The molecule has 4 aliphatic carbocycles. The summed E-state index contributed by atoms with van der Waals surface area (Å²) in [6, 6.07) is 0. The van der Waals surface area contributed by atoms with Crippen LogP contribution >= 0.6 is 0 Å². The second-order valence-corrected chi connectivity index (χ2v) is 7.18. The third kappa shape index (κ3) is 2.05. The number of aromatic carboxylic acids is 1. The number of aromatic nitrogens is 2. The van der Waals surface area contributed by atoms with Gasteiger partial charge in [0, 0.05) is 12.7 Å². The molecule has 0 amide bonds. The second kappa shape index (κ2) is 4.61. The maximum atomic E-state index is 10.9. The molecule has 0 spiro atoms. The number of carboxylic acid groups (broad SMARTS) is 1. The first-order chi connectivity index (χ1) is 9.69. The van der Waals surface area contributed by atoms with Gasteiger partial charge in [-0.2, -0.15) is 5.10 Å². The zero-order chi connectivity index (χ0) is 13.7. The Morgan fingerprint density at radius 1 is 1.20 bits per heavy atom. The Morgan fingerprint density at radius 3 is 2.40 bits per heavy atom. The molecule has 4 heteroatoms. The number of aryl methyl sites for hydroxylation is 1. The average molecular weight is 274 g/mol. The van der Waals surface area contributed by atoms with Gasteiger partial charge in [0.15, 0.2) is 0 Å².